The van der Waals surface area contributed by atoms with Crippen molar-refractivity contribution in [1.82, 2.24) is 0 Å². The van der Waals surface area contributed by atoms with Crippen LogP contribution in [0.15, 0.2) is 35.3 Å². The van der Waals surface area contributed by atoms with Gasteiger partial charge in [-0.3, -0.25) is 4.99 Å². The number of aliphatic imine (C=N–C) groups is 1. The van der Waals surface area contributed by atoms with Crippen molar-refractivity contribution in [3.05, 3.63) is 35.9 Å². The third kappa shape index (κ3) is 1.39. The van der Waals surface area contributed by atoms with Crippen LogP contribution in [0.25, 0.3) is 0 Å². The molecule has 1 unspecified atom stereocenters. The molecule has 2 rings (SSSR count). The molecule has 1 nitrogen and oxygen atoms in total. The Kier molecular flexibility index (Phi) is 2.17. The van der Waals surface area contributed by atoms with Crippen molar-refractivity contribution in [3.63, 3.8) is 0 Å². The van der Waals surface area contributed by atoms with Gasteiger partial charge in [0.25, 0.3) is 0 Å². The largest absolute Gasteiger partial charge is 0.274 e. The lowest BCUT2D eigenvalue weighted by Crippen LogP contribution is -2.13. The fraction of sp³-hybridized carbons (Fsp3) is 0.300. The highest BCUT2D eigenvalue weighted by Gasteiger charge is 2.21. The summed E-state index contributed by atoms with van der Waals surface area (Å²) in [6.07, 6.45) is 3.21. The number of rotatable bonds is 1. The second-order valence-electron chi connectivity index (χ2n) is 2.86. The lowest BCUT2D eigenvalue weighted by molar-refractivity contribution is 0.710. The molecule has 62 valence electrons. The number of thioether (sulfide) groups is 1. The second kappa shape index (κ2) is 3.31. The van der Waals surface area contributed by atoms with Gasteiger partial charge < -0.3 is 0 Å². The van der Waals surface area contributed by atoms with Gasteiger partial charge in [-0.2, -0.15) is 0 Å². The van der Waals surface area contributed by atoms with Crippen LogP contribution in [0.2, 0.25) is 0 Å². The fourth-order valence-electron chi connectivity index (χ4n) is 1.33. The first-order valence-electron chi connectivity index (χ1n) is 4.06. The van der Waals surface area contributed by atoms with Crippen LogP contribution < -0.4 is 0 Å². The molecule has 0 fully saturated rings. The molecule has 1 aromatic rings. The number of hydrogen-bond donors (Lipinski definition) is 0. The Labute approximate surface area is 76.9 Å². The van der Waals surface area contributed by atoms with Gasteiger partial charge in [0.05, 0.1) is 11.1 Å². The summed E-state index contributed by atoms with van der Waals surface area (Å²) in [5, 5.41) is 1.28. The van der Waals surface area contributed by atoms with Gasteiger partial charge >= 0.3 is 0 Å². The zero-order valence-corrected chi connectivity index (χ0v) is 7.84. The number of hydrogen-bond acceptors (Lipinski definition) is 2. The van der Waals surface area contributed by atoms with Crippen molar-refractivity contribution < 1.29 is 0 Å². The van der Waals surface area contributed by atoms with Crippen LogP contribution >= 0.6 is 11.8 Å². The van der Waals surface area contributed by atoms with Crippen LogP contribution in [0.3, 0.4) is 0 Å². The van der Waals surface area contributed by atoms with E-state index in [4.69, 9.17) is 0 Å². The molecule has 1 heterocycles. The third-order valence-electron chi connectivity index (χ3n) is 2.09. The molecule has 0 aromatic heterocycles. The average Bonchev–Trinajstić information content (AvgIpc) is 2.04. The summed E-state index contributed by atoms with van der Waals surface area (Å²) in [6.45, 7) is 0. The molecule has 0 saturated carbocycles. The SMILES string of the molecule is CSC1=NC(c2ccccc2)C1. The topological polar surface area (TPSA) is 12.4 Å². The fourth-order valence-corrected chi connectivity index (χ4v) is 1.89. The minimum Gasteiger partial charge on any atom is -0.274 e. The van der Waals surface area contributed by atoms with E-state index in [2.05, 4.69) is 35.5 Å². The summed E-state index contributed by atoms with van der Waals surface area (Å²) in [7, 11) is 0. The molecule has 2 heteroatoms. The number of benzene rings is 1. The molecule has 1 aliphatic heterocycles. The minimum atomic E-state index is 0.439. The van der Waals surface area contributed by atoms with Crippen molar-refractivity contribution in [3.8, 4) is 0 Å². The van der Waals surface area contributed by atoms with Crippen LogP contribution in [-0.4, -0.2) is 11.3 Å². The normalized spacial score (nSPS) is 21.4. The summed E-state index contributed by atoms with van der Waals surface area (Å²) in [4.78, 5) is 4.49. The summed E-state index contributed by atoms with van der Waals surface area (Å²) in [5.74, 6) is 0. The van der Waals surface area contributed by atoms with Crippen LogP contribution in [-0.2, 0) is 0 Å². The molecule has 12 heavy (non-hydrogen) atoms. The number of nitrogens with zero attached hydrogens (tertiary/aromatic N) is 1. The first kappa shape index (κ1) is 7.87. The van der Waals surface area contributed by atoms with Crippen molar-refractivity contribution in [2.24, 2.45) is 4.99 Å². The Morgan fingerprint density at radius 1 is 1.33 bits per heavy atom. The average molecular weight is 177 g/mol. The predicted octanol–water partition coefficient (Wildman–Crippen LogP) is 2.89. The summed E-state index contributed by atoms with van der Waals surface area (Å²) < 4.78 is 0. The van der Waals surface area contributed by atoms with Crippen LogP contribution in [0.5, 0.6) is 0 Å². The van der Waals surface area contributed by atoms with E-state index < -0.39 is 0 Å². The Morgan fingerprint density at radius 2 is 2.00 bits per heavy atom. The predicted molar refractivity (Wildman–Crippen MR) is 54.8 cm³/mol. The van der Waals surface area contributed by atoms with Crippen LogP contribution in [0.4, 0.5) is 0 Å². The Hall–Kier alpha value is -0.760. The Bertz CT molecular complexity index is 292. The molecule has 0 saturated heterocycles. The van der Waals surface area contributed by atoms with Crippen LogP contribution in [0.1, 0.15) is 18.0 Å². The highest BCUT2D eigenvalue weighted by molar-refractivity contribution is 8.13. The van der Waals surface area contributed by atoms with Gasteiger partial charge in [0, 0.05) is 6.42 Å². The first-order valence-corrected chi connectivity index (χ1v) is 5.28. The first-order chi connectivity index (χ1) is 5.90. The van der Waals surface area contributed by atoms with E-state index in [9.17, 15) is 0 Å². The van der Waals surface area contributed by atoms with E-state index in [0.717, 1.165) is 6.42 Å². The smallest absolute Gasteiger partial charge is 0.0818 e. The lowest BCUT2D eigenvalue weighted by atomic mass is 10.0. The lowest BCUT2D eigenvalue weighted by Gasteiger charge is -2.23. The van der Waals surface area contributed by atoms with E-state index in [0.29, 0.717) is 6.04 Å². The summed E-state index contributed by atoms with van der Waals surface area (Å²) in [6, 6.07) is 10.9. The van der Waals surface area contributed by atoms with Crippen LogP contribution in [0, 0.1) is 0 Å². The highest BCUT2D eigenvalue weighted by atomic mass is 32.2. The van der Waals surface area contributed by atoms with Crippen molar-refractivity contribution in [1.29, 1.82) is 0 Å². The molecule has 0 amide bonds. The zero-order chi connectivity index (χ0) is 8.39. The van der Waals surface area contributed by atoms with E-state index >= 15 is 0 Å². The second-order valence-corrected chi connectivity index (χ2v) is 3.74. The molecular weight excluding hydrogens is 166 g/mol. The van der Waals surface area contributed by atoms with Gasteiger partial charge in [-0.15, -0.1) is 11.8 Å². The molecule has 1 aromatic carbocycles. The quantitative estimate of drug-likeness (QED) is 0.642. The molecule has 0 aliphatic carbocycles. The van der Waals surface area contributed by atoms with Gasteiger partial charge in [-0.05, 0) is 11.8 Å². The molecule has 1 atom stereocenters. The maximum atomic E-state index is 4.49. The molecular formula is C10H11NS. The van der Waals surface area contributed by atoms with E-state index in [-0.39, 0.29) is 0 Å². The maximum Gasteiger partial charge on any atom is 0.0818 e. The Morgan fingerprint density at radius 3 is 2.58 bits per heavy atom. The van der Waals surface area contributed by atoms with Gasteiger partial charge in [-0.1, -0.05) is 30.3 Å². The maximum absolute atomic E-state index is 4.49. The zero-order valence-electron chi connectivity index (χ0n) is 7.03. The molecule has 0 spiro atoms. The molecule has 1 aliphatic rings. The summed E-state index contributed by atoms with van der Waals surface area (Å²) >= 11 is 1.76. The Balaban J connectivity index is 2.11. The van der Waals surface area contributed by atoms with Gasteiger partial charge in [0.15, 0.2) is 0 Å². The highest BCUT2D eigenvalue weighted by Crippen LogP contribution is 2.32. The van der Waals surface area contributed by atoms with Gasteiger partial charge in [-0.25, -0.2) is 0 Å². The van der Waals surface area contributed by atoms with Crippen molar-refractivity contribution >= 4 is 16.8 Å². The van der Waals surface area contributed by atoms with E-state index in [1.54, 1.807) is 11.8 Å². The van der Waals surface area contributed by atoms with Crippen molar-refractivity contribution in [2.45, 2.75) is 12.5 Å². The standard InChI is InChI=1S/C10H11NS/c1-12-10-7-9(11-10)8-5-3-2-4-6-8/h2-6,9H,7H2,1H3. The van der Waals surface area contributed by atoms with Gasteiger partial charge in [0.1, 0.15) is 0 Å². The van der Waals surface area contributed by atoms with E-state index in [1.165, 1.54) is 10.6 Å². The molecule has 0 radical (unpaired) electrons. The summed E-state index contributed by atoms with van der Waals surface area (Å²) in [5.41, 5.74) is 1.34. The monoisotopic (exact) mass is 177 g/mol. The molecule has 0 bridgehead atoms. The van der Waals surface area contributed by atoms with Gasteiger partial charge in [0.2, 0.25) is 0 Å². The minimum absolute atomic E-state index is 0.439. The van der Waals surface area contributed by atoms with E-state index in [1.807, 2.05) is 6.07 Å². The molecule has 0 N–H and O–H groups in total. The van der Waals surface area contributed by atoms with Crippen molar-refractivity contribution in [2.75, 3.05) is 6.26 Å². The third-order valence-corrected chi connectivity index (χ3v) is 2.83.